The molecular weight excluding hydrogens is 292 g/mol. The monoisotopic (exact) mass is 306 g/mol. The standard InChI is InChI=1S/C18H14N2O3/c1-21-18-9-13(11-19)7-8-16(18)22-12-15-10-17(23-20-15)14-5-3-2-4-6-14/h2-10H,12H2,1H3. The van der Waals surface area contributed by atoms with E-state index in [4.69, 9.17) is 19.3 Å². The Balaban J connectivity index is 1.72. The Morgan fingerprint density at radius 2 is 1.91 bits per heavy atom. The summed E-state index contributed by atoms with van der Waals surface area (Å²) in [6.45, 7) is 0.249. The van der Waals surface area contributed by atoms with E-state index < -0.39 is 0 Å². The number of nitrogens with zero attached hydrogens (tertiary/aromatic N) is 2. The Bertz CT molecular complexity index is 835. The summed E-state index contributed by atoms with van der Waals surface area (Å²) >= 11 is 0. The van der Waals surface area contributed by atoms with Crippen LogP contribution in [0, 0.1) is 11.3 Å². The molecule has 0 unspecified atom stereocenters. The fourth-order valence-electron chi connectivity index (χ4n) is 2.13. The molecule has 0 saturated heterocycles. The van der Waals surface area contributed by atoms with Gasteiger partial charge in [0.2, 0.25) is 0 Å². The molecule has 0 atom stereocenters. The number of aromatic nitrogens is 1. The van der Waals surface area contributed by atoms with E-state index in [1.165, 1.54) is 7.11 Å². The summed E-state index contributed by atoms with van der Waals surface area (Å²) in [5.41, 5.74) is 2.15. The van der Waals surface area contributed by atoms with Gasteiger partial charge in [-0.25, -0.2) is 0 Å². The van der Waals surface area contributed by atoms with Crippen LogP contribution in [0.1, 0.15) is 11.3 Å². The zero-order valence-corrected chi connectivity index (χ0v) is 12.5. The Kier molecular flexibility index (Phi) is 4.25. The zero-order chi connectivity index (χ0) is 16.1. The third kappa shape index (κ3) is 3.33. The van der Waals surface area contributed by atoms with Gasteiger partial charge < -0.3 is 14.0 Å². The second kappa shape index (κ2) is 6.67. The maximum absolute atomic E-state index is 8.90. The highest BCUT2D eigenvalue weighted by molar-refractivity contribution is 5.56. The average Bonchev–Trinajstić information content (AvgIpc) is 3.09. The van der Waals surface area contributed by atoms with Crippen molar-refractivity contribution in [1.29, 1.82) is 5.26 Å². The Morgan fingerprint density at radius 1 is 1.09 bits per heavy atom. The van der Waals surface area contributed by atoms with Crippen LogP contribution in [0.15, 0.2) is 59.1 Å². The smallest absolute Gasteiger partial charge is 0.167 e. The van der Waals surface area contributed by atoms with Gasteiger partial charge in [-0.2, -0.15) is 5.26 Å². The van der Waals surface area contributed by atoms with Crippen molar-refractivity contribution in [2.24, 2.45) is 0 Å². The van der Waals surface area contributed by atoms with Gasteiger partial charge in [0.1, 0.15) is 12.3 Å². The van der Waals surface area contributed by atoms with Crippen molar-refractivity contribution in [3.63, 3.8) is 0 Å². The summed E-state index contributed by atoms with van der Waals surface area (Å²) in [7, 11) is 1.53. The lowest BCUT2D eigenvalue weighted by atomic mass is 10.2. The first kappa shape index (κ1) is 14.7. The first-order valence-corrected chi connectivity index (χ1v) is 7.02. The Labute approximate surface area is 133 Å². The predicted octanol–water partition coefficient (Wildman–Crippen LogP) is 3.80. The lowest BCUT2D eigenvalue weighted by Gasteiger charge is -2.09. The quantitative estimate of drug-likeness (QED) is 0.717. The fraction of sp³-hybridized carbons (Fsp3) is 0.111. The first-order chi connectivity index (χ1) is 11.3. The van der Waals surface area contributed by atoms with E-state index in [1.807, 2.05) is 36.4 Å². The van der Waals surface area contributed by atoms with Crippen molar-refractivity contribution in [3.8, 4) is 28.9 Å². The van der Waals surface area contributed by atoms with Gasteiger partial charge in [0.05, 0.1) is 18.7 Å². The zero-order valence-electron chi connectivity index (χ0n) is 12.5. The van der Waals surface area contributed by atoms with E-state index >= 15 is 0 Å². The number of methoxy groups -OCH3 is 1. The molecule has 3 aromatic rings. The molecule has 2 aromatic carbocycles. The molecule has 3 rings (SSSR count). The number of nitriles is 1. The minimum atomic E-state index is 0.249. The molecule has 0 fully saturated rings. The molecule has 0 aliphatic heterocycles. The van der Waals surface area contributed by atoms with Crippen molar-refractivity contribution >= 4 is 0 Å². The highest BCUT2D eigenvalue weighted by atomic mass is 16.5. The lowest BCUT2D eigenvalue weighted by Crippen LogP contribution is -1.98. The van der Waals surface area contributed by atoms with Crippen LogP contribution in [0.5, 0.6) is 11.5 Å². The molecule has 114 valence electrons. The third-order valence-corrected chi connectivity index (χ3v) is 3.29. The van der Waals surface area contributed by atoms with Gasteiger partial charge in [0.15, 0.2) is 17.3 Å². The van der Waals surface area contributed by atoms with Crippen LogP contribution in [0.4, 0.5) is 0 Å². The lowest BCUT2D eigenvalue weighted by molar-refractivity contribution is 0.272. The van der Waals surface area contributed by atoms with Crippen LogP contribution in [-0.2, 0) is 6.61 Å². The number of benzene rings is 2. The summed E-state index contributed by atoms with van der Waals surface area (Å²) in [4.78, 5) is 0. The van der Waals surface area contributed by atoms with Gasteiger partial charge >= 0.3 is 0 Å². The van der Waals surface area contributed by atoms with E-state index in [1.54, 1.807) is 18.2 Å². The topological polar surface area (TPSA) is 68.3 Å². The van der Waals surface area contributed by atoms with Crippen molar-refractivity contribution in [2.75, 3.05) is 7.11 Å². The molecule has 0 amide bonds. The van der Waals surface area contributed by atoms with Crippen molar-refractivity contribution in [2.45, 2.75) is 6.61 Å². The van der Waals surface area contributed by atoms with Crippen molar-refractivity contribution in [1.82, 2.24) is 5.16 Å². The van der Waals surface area contributed by atoms with E-state index in [0.29, 0.717) is 28.5 Å². The van der Waals surface area contributed by atoms with Gasteiger partial charge in [-0.3, -0.25) is 0 Å². The molecule has 0 spiro atoms. The molecule has 0 radical (unpaired) electrons. The van der Waals surface area contributed by atoms with Crippen LogP contribution in [0.3, 0.4) is 0 Å². The summed E-state index contributed by atoms with van der Waals surface area (Å²) < 4.78 is 16.3. The molecule has 5 nitrogen and oxygen atoms in total. The highest BCUT2D eigenvalue weighted by Gasteiger charge is 2.10. The van der Waals surface area contributed by atoms with Crippen LogP contribution in [0.25, 0.3) is 11.3 Å². The van der Waals surface area contributed by atoms with Gasteiger partial charge in [-0.05, 0) is 12.1 Å². The molecule has 23 heavy (non-hydrogen) atoms. The number of hydrogen-bond donors (Lipinski definition) is 0. The maximum atomic E-state index is 8.90. The van der Waals surface area contributed by atoms with E-state index in [9.17, 15) is 0 Å². The second-order valence-electron chi connectivity index (χ2n) is 4.81. The summed E-state index contributed by atoms with van der Waals surface area (Å²) in [5.74, 6) is 1.75. The second-order valence-corrected chi connectivity index (χ2v) is 4.81. The molecule has 0 saturated carbocycles. The Morgan fingerprint density at radius 3 is 2.65 bits per heavy atom. The van der Waals surface area contributed by atoms with Crippen LogP contribution in [-0.4, -0.2) is 12.3 Å². The summed E-state index contributed by atoms with van der Waals surface area (Å²) in [6, 6.07) is 18.6. The van der Waals surface area contributed by atoms with E-state index in [-0.39, 0.29) is 6.61 Å². The normalized spacial score (nSPS) is 10.1. The predicted molar refractivity (Wildman–Crippen MR) is 84.0 cm³/mol. The fourth-order valence-corrected chi connectivity index (χ4v) is 2.13. The molecule has 0 aliphatic carbocycles. The number of ether oxygens (including phenoxy) is 2. The molecule has 0 N–H and O–H groups in total. The average molecular weight is 306 g/mol. The van der Waals surface area contributed by atoms with Crippen molar-refractivity contribution < 1.29 is 14.0 Å². The van der Waals surface area contributed by atoms with Gasteiger partial charge in [0.25, 0.3) is 0 Å². The molecule has 1 heterocycles. The number of rotatable bonds is 5. The van der Waals surface area contributed by atoms with Gasteiger partial charge in [-0.15, -0.1) is 0 Å². The minimum Gasteiger partial charge on any atom is -0.493 e. The summed E-state index contributed by atoms with van der Waals surface area (Å²) in [5, 5.41) is 12.9. The maximum Gasteiger partial charge on any atom is 0.167 e. The molecular formula is C18H14N2O3. The largest absolute Gasteiger partial charge is 0.493 e. The molecule has 0 bridgehead atoms. The highest BCUT2D eigenvalue weighted by Crippen LogP contribution is 2.29. The van der Waals surface area contributed by atoms with Gasteiger partial charge in [0, 0.05) is 17.7 Å². The molecule has 0 aliphatic rings. The molecule has 1 aromatic heterocycles. The van der Waals surface area contributed by atoms with Gasteiger partial charge in [-0.1, -0.05) is 35.5 Å². The third-order valence-electron chi connectivity index (χ3n) is 3.29. The van der Waals surface area contributed by atoms with E-state index in [2.05, 4.69) is 11.2 Å². The first-order valence-electron chi connectivity index (χ1n) is 7.02. The van der Waals surface area contributed by atoms with Crippen LogP contribution >= 0.6 is 0 Å². The van der Waals surface area contributed by atoms with Crippen molar-refractivity contribution in [3.05, 3.63) is 65.9 Å². The molecule has 5 heteroatoms. The minimum absolute atomic E-state index is 0.249. The van der Waals surface area contributed by atoms with Crippen LogP contribution in [0.2, 0.25) is 0 Å². The SMILES string of the molecule is COc1cc(C#N)ccc1OCc1cc(-c2ccccc2)on1. The van der Waals surface area contributed by atoms with E-state index in [0.717, 1.165) is 5.56 Å². The summed E-state index contributed by atoms with van der Waals surface area (Å²) in [6.07, 6.45) is 0. The Hall–Kier alpha value is -3.26. The van der Waals surface area contributed by atoms with Crippen LogP contribution < -0.4 is 9.47 Å². The number of hydrogen-bond acceptors (Lipinski definition) is 5.